The van der Waals surface area contributed by atoms with Crippen molar-refractivity contribution in [3.05, 3.63) is 71.5 Å². The Labute approximate surface area is 206 Å². The zero-order valence-electron chi connectivity index (χ0n) is 20.2. The number of hydrogen-bond acceptors (Lipinski definition) is 5. The molecule has 180 valence electrons. The minimum Gasteiger partial charge on any atom is -0.368 e. The minimum absolute atomic E-state index is 0.0220. The van der Waals surface area contributed by atoms with Gasteiger partial charge in [-0.15, -0.1) is 0 Å². The third kappa shape index (κ3) is 5.53. The maximum atomic E-state index is 13.1. The highest BCUT2D eigenvalue weighted by atomic mass is 32.1. The number of rotatable bonds is 10. The van der Waals surface area contributed by atoms with Gasteiger partial charge in [0.1, 0.15) is 4.88 Å². The van der Waals surface area contributed by atoms with Crippen LogP contribution in [-0.4, -0.2) is 53.0 Å². The highest BCUT2D eigenvalue weighted by Gasteiger charge is 2.22. The van der Waals surface area contributed by atoms with Gasteiger partial charge in [-0.05, 0) is 37.5 Å². The van der Waals surface area contributed by atoms with Crippen molar-refractivity contribution in [3.63, 3.8) is 0 Å². The van der Waals surface area contributed by atoms with E-state index in [1.165, 1.54) is 28.0 Å². The Morgan fingerprint density at radius 2 is 2.09 bits per heavy atom. The van der Waals surface area contributed by atoms with Gasteiger partial charge in [-0.2, -0.15) is 0 Å². The van der Waals surface area contributed by atoms with Gasteiger partial charge >= 0.3 is 0 Å². The number of hydrogen-bond donors (Lipinski definition) is 2. The molecule has 1 amide bonds. The van der Waals surface area contributed by atoms with Gasteiger partial charge in [0.25, 0.3) is 5.91 Å². The Kier molecular flexibility index (Phi) is 8.06. The number of aromatic amines is 1. The molecule has 0 spiro atoms. The summed E-state index contributed by atoms with van der Waals surface area (Å²) in [6.45, 7) is 11.8. The maximum absolute atomic E-state index is 13.1. The molecule has 3 aromatic rings. The van der Waals surface area contributed by atoms with Crippen LogP contribution in [0.15, 0.2) is 61.1 Å². The van der Waals surface area contributed by atoms with Crippen molar-refractivity contribution in [2.24, 2.45) is 0 Å². The smallest absolute Gasteiger partial charge is 0.263 e. The molecular weight excluding hydrogens is 442 g/mol. The van der Waals surface area contributed by atoms with Crippen LogP contribution >= 0.6 is 11.3 Å². The number of amides is 1. The summed E-state index contributed by atoms with van der Waals surface area (Å²) in [6, 6.07) is 8.43. The number of H-pyrrole nitrogens is 1. The Hall–Kier alpha value is -3.06. The van der Waals surface area contributed by atoms with Crippen molar-refractivity contribution in [2.75, 3.05) is 31.1 Å². The first-order chi connectivity index (χ1) is 16.6. The summed E-state index contributed by atoms with van der Waals surface area (Å²) in [5.41, 5.74) is 3.56. The fourth-order valence-corrected chi connectivity index (χ4v) is 5.47. The SMILES string of the molecule is C=C/C(=C\C)N1CCN(c2ncc(C(=O)NC(CCCC)Cc3c[nH]c4ccccc34)s2)CC1. The number of piperazine rings is 1. The van der Waals surface area contributed by atoms with Gasteiger partial charge in [0.2, 0.25) is 0 Å². The summed E-state index contributed by atoms with van der Waals surface area (Å²) in [5.74, 6) is -0.0220. The van der Waals surface area contributed by atoms with Crippen molar-refractivity contribution >= 4 is 33.3 Å². The fourth-order valence-electron chi connectivity index (χ4n) is 4.60. The number of carbonyl (C=O) groups excluding carboxylic acids is 1. The van der Waals surface area contributed by atoms with Gasteiger partial charge in [0.15, 0.2) is 5.13 Å². The largest absolute Gasteiger partial charge is 0.368 e. The predicted octanol–water partition coefficient (Wildman–Crippen LogP) is 5.37. The number of para-hydroxylation sites is 1. The lowest BCUT2D eigenvalue weighted by Crippen LogP contribution is -2.45. The van der Waals surface area contributed by atoms with Crippen LogP contribution in [0, 0.1) is 0 Å². The fraction of sp³-hybridized carbons (Fsp3) is 0.407. The van der Waals surface area contributed by atoms with E-state index in [0.717, 1.165) is 62.5 Å². The predicted molar refractivity (Wildman–Crippen MR) is 143 cm³/mol. The maximum Gasteiger partial charge on any atom is 0.263 e. The molecule has 1 aliphatic rings. The molecule has 1 saturated heterocycles. The van der Waals surface area contributed by atoms with Gasteiger partial charge in [0.05, 0.1) is 6.20 Å². The van der Waals surface area contributed by atoms with Crippen LogP contribution < -0.4 is 10.2 Å². The Balaban J connectivity index is 1.39. The van der Waals surface area contributed by atoms with Crippen LogP contribution in [0.5, 0.6) is 0 Å². The third-order valence-corrected chi connectivity index (χ3v) is 7.58. The van der Waals surface area contributed by atoms with Crippen molar-refractivity contribution < 1.29 is 4.79 Å². The normalized spacial score (nSPS) is 15.5. The summed E-state index contributed by atoms with van der Waals surface area (Å²) in [6.07, 6.45) is 11.8. The van der Waals surface area contributed by atoms with E-state index in [-0.39, 0.29) is 11.9 Å². The number of unbranched alkanes of at least 4 members (excludes halogenated alkanes) is 1. The summed E-state index contributed by atoms with van der Waals surface area (Å²) in [4.78, 5) is 26.4. The highest BCUT2D eigenvalue weighted by molar-refractivity contribution is 7.17. The first kappa shape index (κ1) is 24.1. The second-order valence-electron chi connectivity index (χ2n) is 8.78. The summed E-state index contributed by atoms with van der Waals surface area (Å²) in [7, 11) is 0. The summed E-state index contributed by atoms with van der Waals surface area (Å²) < 4.78 is 0. The zero-order chi connectivity index (χ0) is 23.9. The second kappa shape index (κ2) is 11.4. The average Bonchev–Trinajstić information content (AvgIpc) is 3.52. The number of carbonyl (C=O) groups is 1. The number of allylic oxidation sites excluding steroid dienone is 2. The van der Waals surface area contributed by atoms with E-state index in [9.17, 15) is 4.79 Å². The summed E-state index contributed by atoms with van der Waals surface area (Å²) in [5, 5.41) is 5.45. The molecule has 1 aliphatic heterocycles. The molecule has 0 bridgehead atoms. The monoisotopic (exact) mass is 477 g/mol. The van der Waals surface area contributed by atoms with Crippen LogP contribution in [0.3, 0.4) is 0 Å². The Bertz CT molecular complexity index is 1140. The first-order valence-electron chi connectivity index (χ1n) is 12.2. The number of anilines is 1. The standard InChI is InChI=1S/C27H35N5OS/c1-4-7-10-21(17-20-18-28-24-12-9-8-11-23(20)24)30-26(33)25-19-29-27(34-25)32-15-13-31(14-16-32)22(5-2)6-3/h5-6,8-9,11-12,18-19,21,28H,2,4,7,10,13-17H2,1,3H3,(H,30,33)/b22-6+. The number of nitrogens with zero attached hydrogens (tertiary/aromatic N) is 3. The van der Waals surface area contributed by atoms with Crippen LogP contribution in [0.1, 0.15) is 48.3 Å². The first-order valence-corrected chi connectivity index (χ1v) is 13.0. The molecule has 2 N–H and O–H groups in total. The zero-order valence-corrected chi connectivity index (χ0v) is 21.0. The van der Waals surface area contributed by atoms with E-state index >= 15 is 0 Å². The van der Waals surface area contributed by atoms with Crippen molar-refractivity contribution in [1.29, 1.82) is 0 Å². The van der Waals surface area contributed by atoms with E-state index in [4.69, 9.17) is 0 Å². The molecular formula is C27H35N5OS. The molecule has 34 heavy (non-hydrogen) atoms. The molecule has 7 heteroatoms. The van der Waals surface area contributed by atoms with Crippen LogP contribution in [-0.2, 0) is 6.42 Å². The van der Waals surface area contributed by atoms with E-state index in [0.29, 0.717) is 4.88 Å². The lowest BCUT2D eigenvalue weighted by atomic mass is 10.0. The molecule has 4 rings (SSSR count). The minimum atomic E-state index is -0.0220. The van der Waals surface area contributed by atoms with Gasteiger partial charge in [-0.3, -0.25) is 4.79 Å². The van der Waals surface area contributed by atoms with E-state index in [2.05, 4.69) is 69.1 Å². The van der Waals surface area contributed by atoms with Gasteiger partial charge in [-0.25, -0.2) is 4.98 Å². The topological polar surface area (TPSA) is 64.3 Å². The Morgan fingerprint density at radius 1 is 1.29 bits per heavy atom. The van der Waals surface area contributed by atoms with Crippen LogP contribution in [0.4, 0.5) is 5.13 Å². The molecule has 0 saturated carbocycles. The molecule has 1 fully saturated rings. The van der Waals surface area contributed by atoms with Crippen molar-refractivity contribution in [3.8, 4) is 0 Å². The van der Waals surface area contributed by atoms with Gasteiger partial charge in [0, 0.05) is 55.0 Å². The molecule has 6 nitrogen and oxygen atoms in total. The van der Waals surface area contributed by atoms with Crippen LogP contribution in [0.25, 0.3) is 10.9 Å². The molecule has 1 unspecified atom stereocenters. The second-order valence-corrected chi connectivity index (χ2v) is 9.78. The van der Waals surface area contributed by atoms with Crippen molar-refractivity contribution in [2.45, 2.75) is 45.6 Å². The van der Waals surface area contributed by atoms with Gasteiger partial charge in [-0.1, -0.05) is 62.0 Å². The lowest BCUT2D eigenvalue weighted by Gasteiger charge is -2.36. The van der Waals surface area contributed by atoms with Crippen LogP contribution in [0.2, 0.25) is 0 Å². The molecule has 0 aliphatic carbocycles. The van der Waals surface area contributed by atoms with E-state index in [1.807, 2.05) is 19.1 Å². The molecule has 3 heterocycles. The lowest BCUT2D eigenvalue weighted by molar-refractivity contribution is 0.0938. The summed E-state index contributed by atoms with van der Waals surface area (Å²) >= 11 is 1.49. The average molecular weight is 478 g/mol. The number of thiazole rings is 1. The van der Waals surface area contributed by atoms with Crippen molar-refractivity contribution in [1.82, 2.24) is 20.2 Å². The quantitative estimate of drug-likeness (QED) is 0.386. The highest BCUT2D eigenvalue weighted by Crippen LogP contribution is 2.25. The number of fused-ring (bicyclic) bond motifs is 1. The molecule has 1 aromatic carbocycles. The molecule has 2 aromatic heterocycles. The number of aromatic nitrogens is 2. The van der Waals surface area contributed by atoms with E-state index < -0.39 is 0 Å². The molecule has 1 atom stereocenters. The third-order valence-electron chi connectivity index (χ3n) is 6.52. The molecule has 0 radical (unpaired) electrons. The number of nitrogens with one attached hydrogen (secondary N) is 2. The number of benzene rings is 1. The van der Waals surface area contributed by atoms with E-state index in [1.54, 1.807) is 6.20 Å². The Morgan fingerprint density at radius 3 is 2.82 bits per heavy atom. The van der Waals surface area contributed by atoms with Gasteiger partial charge < -0.3 is 20.1 Å².